The van der Waals surface area contributed by atoms with E-state index < -0.39 is 15.7 Å². The predicted molar refractivity (Wildman–Crippen MR) is 66.9 cm³/mol. The second-order valence-electron chi connectivity index (χ2n) is 4.31. The number of hydrogen-bond acceptors (Lipinski definition) is 2. The van der Waals surface area contributed by atoms with Crippen LogP contribution in [0.15, 0.2) is 0 Å². The van der Waals surface area contributed by atoms with Crippen LogP contribution in [-0.2, 0) is 10.2 Å². The van der Waals surface area contributed by atoms with Crippen LogP contribution in [0.3, 0.4) is 0 Å². The normalized spacial score (nSPS) is 20.5. The molecule has 0 heterocycles. The highest BCUT2D eigenvalue weighted by molar-refractivity contribution is 7.87. The van der Waals surface area contributed by atoms with Gasteiger partial charge in [0.05, 0.1) is 0 Å². The summed E-state index contributed by atoms with van der Waals surface area (Å²) in [6, 6.07) is 0. The van der Waals surface area contributed by atoms with Crippen LogP contribution in [0.2, 0.25) is 0 Å². The van der Waals surface area contributed by atoms with Crippen LogP contribution in [-0.4, -0.2) is 37.2 Å². The molecule has 1 saturated carbocycles. The highest BCUT2D eigenvalue weighted by Crippen LogP contribution is 2.31. The summed E-state index contributed by atoms with van der Waals surface area (Å²) in [5.74, 6) is 0.355. The molecular formula is C10H21ClN2O2S. The fraction of sp³-hybridized carbons (Fsp3) is 1.00. The van der Waals surface area contributed by atoms with E-state index in [4.69, 9.17) is 11.6 Å². The topological polar surface area (TPSA) is 49.4 Å². The molecule has 1 rings (SSSR count). The second kappa shape index (κ2) is 5.67. The van der Waals surface area contributed by atoms with Gasteiger partial charge in [-0.3, -0.25) is 0 Å². The van der Waals surface area contributed by atoms with E-state index in [1.54, 1.807) is 0 Å². The average molecular weight is 269 g/mol. The Morgan fingerprint density at radius 1 is 1.25 bits per heavy atom. The van der Waals surface area contributed by atoms with Crippen molar-refractivity contribution in [3.63, 3.8) is 0 Å². The summed E-state index contributed by atoms with van der Waals surface area (Å²) < 4.78 is 28.4. The smallest absolute Gasteiger partial charge is 0.195 e. The maximum atomic E-state index is 12.1. The molecular weight excluding hydrogens is 248 g/mol. The zero-order valence-electron chi connectivity index (χ0n) is 10.00. The zero-order valence-corrected chi connectivity index (χ0v) is 11.6. The van der Waals surface area contributed by atoms with Crippen molar-refractivity contribution in [1.29, 1.82) is 0 Å². The largest absolute Gasteiger partial charge is 0.279 e. The standard InChI is InChI=1S/C10H21ClN2O2S/c1-3-13(4-2)16(14,15)12-10(9-11)7-5-6-8-10/h12H,3-9H2,1-2H3. The first kappa shape index (κ1) is 14.2. The van der Waals surface area contributed by atoms with Crippen molar-refractivity contribution >= 4 is 21.8 Å². The number of hydrogen-bond donors (Lipinski definition) is 1. The SMILES string of the molecule is CCN(CC)S(=O)(=O)NC1(CCl)CCCC1. The first-order valence-electron chi connectivity index (χ1n) is 5.84. The highest BCUT2D eigenvalue weighted by atomic mass is 35.5. The number of nitrogens with one attached hydrogen (secondary N) is 1. The van der Waals surface area contributed by atoms with Gasteiger partial charge in [-0.2, -0.15) is 17.4 Å². The molecule has 0 aromatic rings. The Kier molecular flexibility index (Phi) is 5.04. The molecule has 0 bridgehead atoms. The fourth-order valence-corrected chi connectivity index (χ4v) is 4.26. The molecule has 16 heavy (non-hydrogen) atoms. The predicted octanol–water partition coefficient (Wildman–Crippen LogP) is 1.71. The van der Waals surface area contributed by atoms with E-state index in [9.17, 15) is 8.42 Å². The average Bonchev–Trinajstić information content (AvgIpc) is 2.67. The van der Waals surface area contributed by atoms with E-state index in [0.29, 0.717) is 19.0 Å². The van der Waals surface area contributed by atoms with Crippen molar-refractivity contribution in [3.05, 3.63) is 0 Å². The van der Waals surface area contributed by atoms with Crippen molar-refractivity contribution < 1.29 is 8.42 Å². The van der Waals surface area contributed by atoms with Gasteiger partial charge in [0.2, 0.25) is 0 Å². The first-order valence-corrected chi connectivity index (χ1v) is 7.82. The van der Waals surface area contributed by atoms with E-state index in [-0.39, 0.29) is 0 Å². The van der Waals surface area contributed by atoms with Gasteiger partial charge in [-0.15, -0.1) is 11.6 Å². The van der Waals surface area contributed by atoms with Gasteiger partial charge < -0.3 is 0 Å². The molecule has 0 amide bonds. The van der Waals surface area contributed by atoms with Crippen molar-refractivity contribution in [2.24, 2.45) is 0 Å². The summed E-state index contributed by atoms with van der Waals surface area (Å²) in [5.41, 5.74) is -0.414. The minimum Gasteiger partial charge on any atom is -0.195 e. The van der Waals surface area contributed by atoms with Gasteiger partial charge in [0.15, 0.2) is 0 Å². The Labute approximate surface area is 104 Å². The van der Waals surface area contributed by atoms with E-state index >= 15 is 0 Å². The molecule has 0 radical (unpaired) electrons. The van der Waals surface area contributed by atoms with Gasteiger partial charge in [0.25, 0.3) is 10.2 Å². The van der Waals surface area contributed by atoms with Gasteiger partial charge in [-0.1, -0.05) is 26.7 Å². The Morgan fingerprint density at radius 2 is 1.75 bits per heavy atom. The highest BCUT2D eigenvalue weighted by Gasteiger charge is 2.38. The molecule has 4 nitrogen and oxygen atoms in total. The quantitative estimate of drug-likeness (QED) is 0.746. The minimum absolute atomic E-state index is 0.355. The molecule has 0 unspecified atom stereocenters. The molecule has 0 atom stereocenters. The van der Waals surface area contributed by atoms with E-state index in [0.717, 1.165) is 25.7 Å². The second-order valence-corrected chi connectivity index (χ2v) is 6.25. The summed E-state index contributed by atoms with van der Waals surface area (Å²) in [4.78, 5) is 0. The number of halogens is 1. The summed E-state index contributed by atoms with van der Waals surface area (Å²) in [5, 5.41) is 0. The maximum absolute atomic E-state index is 12.1. The van der Waals surface area contributed by atoms with Crippen LogP contribution < -0.4 is 4.72 Å². The van der Waals surface area contributed by atoms with Gasteiger partial charge in [-0.25, -0.2) is 0 Å². The lowest BCUT2D eigenvalue weighted by Crippen LogP contribution is -2.53. The Balaban J connectivity index is 2.78. The van der Waals surface area contributed by atoms with E-state index in [2.05, 4.69) is 4.72 Å². The van der Waals surface area contributed by atoms with Crippen LogP contribution in [0.4, 0.5) is 0 Å². The molecule has 0 spiro atoms. The summed E-state index contributed by atoms with van der Waals surface area (Å²) in [6.07, 6.45) is 3.79. The third kappa shape index (κ3) is 3.09. The first-order chi connectivity index (χ1) is 7.49. The lowest BCUT2D eigenvalue weighted by molar-refractivity contribution is 0.385. The monoisotopic (exact) mass is 268 g/mol. The molecule has 0 aromatic heterocycles. The van der Waals surface area contributed by atoms with Crippen molar-refractivity contribution in [2.75, 3.05) is 19.0 Å². The summed E-state index contributed by atoms with van der Waals surface area (Å²) in [6.45, 7) is 4.66. The molecule has 1 aliphatic carbocycles. The molecule has 0 saturated heterocycles. The minimum atomic E-state index is -3.38. The van der Waals surface area contributed by atoms with Crippen LogP contribution >= 0.6 is 11.6 Å². The molecule has 6 heteroatoms. The van der Waals surface area contributed by atoms with Gasteiger partial charge in [0, 0.05) is 24.5 Å². The molecule has 1 N–H and O–H groups in total. The summed E-state index contributed by atoms with van der Waals surface area (Å²) in [7, 11) is -3.38. The lowest BCUT2D eigenvalue weighted by atomic mass is 10.0. The maximum Gasteiger partial charge on any atom is 0.279 e. The van der Waals surface area contributed by atoms with Crippen molar-refractivity contribution in [1.82, 2.24) is 9.03 Å². The Morgan fingerprint density at radius 3 is 2.12 bits per heavy atom. The number of nitrogens with zero attached hydrogens (tertiary/aromatic N) is 1. The number of alkyl halides is 1. The molecule has 1 aliphatic rings. The third-order valence-electron chi connectivity index (χ3n) is 3.21. The molecule has 1 fully saturated rings. The van der Waals surface area contributed by atoms with Crippen molar-refractivity contribution in [3.8, 4) is 0 Å². The zero-order chi connectivity index (χ0) is 12.2. The van der Waals surface area contributed by atoms with E-state index in [1.165, 1.54) is 4.31 Å². The number of rotatable bonds is 6. The molecule has 96 valence electrons. The Bertz CT molecular complexity index is 309. The van der Waals surface area contributed by atoms with Crippen LogP contribution in [0.1, 0.15) is 39.5 Å². The van der Waals surface area contributed by atoms with Gasteiger partial charge in [-0.05, 0) is 12.8 Å². The van der Waals surface area contributed by atoms with Gasteiger partial charge >= 0.3 is 0 Å². The molecule has 0 aromatic carbocycles. The summed E-state index contributed by atoms with van der Waals surface area (Å²) >= 11 is 5.92. The van der Waals surface area contributed by atoms with Crippen LogP contribution in [0.25, 0.3) is 0 Å². The van der Waals surface area contributed by atoms with Crippen molar-refractivity contribution in [2.45, 2.75) is 45.1 Å². The Hall–Kier alpha value is 0.160. The van der Waals surface area contributed by atoms with Gasteiger partial charge in [0.1, 0.15) is 0 Å². The fourth-order valence-electron chi connectivity index (χ4n) is 2.22. The van der Waals surface area contributed by atoms with Crippen LogP contribution in [0.5, 0.6) is 0 Å². The van der Waals surface area contributed by atoms with Crippen LogP contribution in [0, 0.1) is 0 Å². The molecule has 0 aliphatic heterocycles. The third-order valence-corrected chi connectivity index (χ3v) is 5.61. The van der Waals surface area contributed by atoms with E-state index in [1.807, 2.05) is 13.8 Å². The lowest BCUT2D eigenvalue weighted by Gasteiger charge is -2.30.